The lowest BCUT2D eigenvalue weighted by Gasteiger charge is -2.34. The zero-order valence-corrected chi connectivity index (χ0v) is 17.1. The average molecular weight is 409 g/mol. The molecule has 1 atom stereocenters. The molecule has 0 unspecified atom stereocenters. The van der Waals surface area contributed by atoms with E-state index in [2.05, 4.69) is 45.1 Å². The molecule has 1 aliphatic rings. The monoisotopic (exact) mass is 408 g/mol. The number of hydrogen-bond donors (Lipinski definition) is 0. The van der Waals surface area contributed by atoms with Gasteiger partial charge in [0.1, 0.15) is 11.4 Å². The molecule has 0 spiro atoms. The van der Waals surface area contributed by atoms with Crippen LogP contribution < -0.4 is 4.74 Å². The number of nitrogens with zero attached hydrogens (tertiary/aromatic N) is 2. The van der Waals surface area contributed by atoms with Gasteiger partial charge in [-0.25, -0.2) is 0 Å². The predicted molar refractivity (Wildman–Crippen MR) is 113 cm³/mol. The van der Waals surface area contributed by atoms with Crippen LogP contribution in [0, 0.1) is 0 Å². The first kappa shape index (κ1) is 17.7. The second-order valence-corrected chi connectivity index (χ2v) is 8.82. The summed E-state index contributed by atoms with van der Waals surface area (Å²) in [5, 5.41) is 8.66. The molecule has 1 aromatic carbocycles. The third-order valence-electron chi connectivity index (χ3n) is 5.18. The van der Waals surface area contributed by atoms with Gasteiger partial charge in [-0.3, -0.25) is 4.90 Å². The molecule has 0 radical (unpaired) electrons. The summed E-state index contributed by atoms with van der Waals surface area (Å²) in [4.78, 5) is 5.39. The quantitative estimate of drug-likeness (QED) is 0.429. The fourth-order valence-corrected chi connectivity index (χ4v) is 5.58. The first-order chi connectivity index (χ1) is 13.8. The van der Waals surface area contributed by atoms with Crippen LogP contribution >= 0.6 is 22.7 Å². The van der Waals surface area contributed by atoms with Crippen molar-refractivity contribution < 1.29 is 9.26 Å². The van der Waals surface area contributed by atoms with E-state index in [0.717, 1.165) is 42.3 Å². The lowest BCUT2D eigenvalue weighted by Crippen LogP contribution is -2.34. The van der Waals surface area contributed by atoms with Gasteiger partial charge in [-0.05, 0) is 59.1 Å². The highest BCUT2D eigenvalue weighted by atomic mass is 32.1. The number of ether oxygens (including phenoxy) is 1. The van der Waals surface area contributed by atoms with Gasteiger partial charge >= 0.3 is 0 Å². The second kappa shape index (κ2) is 7.54. The molecule has 5 rings (SSSR count). The summed E-state index contributed by atoms with van der Waals surface area (Å²) in [6.07, 6.45) is 1.09. The number of benzene rings is 1. The fraction of sp³-hybridized carbons (Fsp3) is 0.227. The van der Waals surface area contributed by atoms with Crippen molar-refractivity contribution in [2.24, 2.45) is 0 Å². The Balaban J connectivity index is 1.40. The normalized spacial score (nSPS) is 16.8. The summed E-state index contributed by atoms with van der Waals surface area (Å²) >= 11 is 3.69. The zero-order chi connectivity index (χ0) is 18.9. The Kier molecular flexibility index (Phi) is 4.76. The van der Waals surface area contributed by atoms with Crippen LogP contribution in [0.5, 0.6) is 5.75 Å². The molecule has 6 heteroatoms. The SMILES string of the molecule is COc1ccc(-c2cc(CN3CCc4sccc4[C@@H]3c3cccs3)on2)cc1. The largest absolute Gasteiger partial charge is 0.497 e. The lowest BCUT2D eigenvalue weighted by atomic mass is 9.98. The molecular formula is C22H20N2O2S2. The molecule has 0 bridgehead atoms. The molecule has 0 fully saturated rings. The summed E-state index contributed by atoms with van der Waals surface area (Å²) in [7, 11) is 1.67. The summed E-state index contributed by atoms with van der Waals surface area (Å²) < 4.78 is 10.9. The molecular weight excluding hydrogens is 388 g/mol. The van der Waals surface area contributed by atoms with E-state index in [9.17, 15) is 0 Å². The van der Waals surface area contributed by atoms with Gasteiger partial charge in [0.05, 0.1) is 19.7 Å². The van der Waals surface area contributed by atoms with Crippen LogP contribution in [0.3, 0.4) is 0 Å². The Morgan fingerprint density at radius 2 is 2.04 bits per heavy atom. The second-order valence-electron chi connectivity index (χ2n) is 6.84. The average Bonchev–Trinajstić information content (AvgIpc) is 3.49. The van der Waals surface area contributed by atoms with E-state index < -0.39 is 0 Å². The van der Waals surface area contributed by atoms with Crippen LogP contribution in [-0.4, -0.2) is 23.7 Å². The Morgan fingerprint density at radius 3 is 2.82 bits per heavy atom. The van der Waals surface area contributed by atoms with Crippen molar-refractivity contribution in [2.45, 2.75) is 19.0 Å². The molecule has 28 heavy (non-hydrogen) atoms. The van der Waals surface area contributed by atoms with Crippen LogP contribution in [-0.2, 0) is 13.0 Å². The van der Waals surface area contributed by atoms with Crippen molar-refractivity contribution >= 4 is 22.7 Å². The molecule has 0 amide bonds. The van der Waals surface area contributed by atoms with E-state index in [0.29, 0.717) is 6.04 Å². The fourth-order valence-electron chi connectivity index (χ4n) is 3.80. The smallest absolute Gasteiger partial charge is 0.151 e. The number of hydrogen-bond acceptors (Lipinski definition) is 6. The van der Waals surface area contributed by atoms with Crippen molar-refractivity contribution in [3.8, 4) is 17.0 Å². The minimum absolute atomic E-state index is 0.296. The van der Waals surface area contributed by atoms with Gasteiger partial charge in [-0.1, -0.05) is 11.2 Å². The number of rotatable bonds is 5. The highest BCUT2D eigenvalue weighted by Gasteiger charge is 2.31. The van der Waals surface area contributed by atoms with Gasteiger partial charge in [0, 0.05) is 27.9 Å². The first-order valence-corrected chi connectivity index (χ1v) is 11.0. The number of methoxy groups -OCH3 is 1. The lowest BCUT2D eigenvalue weighted by molar-refractivity contribution is 0.185. The van der Waals surface area contributed by atoms with Gasteiger partial charge in [-0.2, -0.15) is 0 Å². The number of fused-ring (bicyclic) bond motifs is 1. The van der Waals surface area contributed by atoms with Crippen molar-refractivity contribution in [1.82, 2.24) is 10.1 Å². The summed E-state index contributed by atoms with van der Waals surface area (Å²) in [6, 6.07) is 16.9. The molecule has 1 aliphatic heterocycles. The Hall–Kier alpha value is -2.41. The zero-order valence-electron chi connectivity index (χ0n) is 15.5. The molecule has 0 aliphatic carbocycles. The van der Waals surface area contributed by atoms with Gasteiger partial charge in [0.15, 0.2) is 5.76 Å². The van der Waals surface area contributed by atoms with E-state index in [4.69, 9.17) is 9.26 Å². The maximum Gasteiger partial charge on any atom is 0.151 e. The van der Waals surface area contributed by atoms with E-state index in [1.165, 1.54) is 15.3 Å². The minimum atomic E-state index is 0.296. The van der Waals surface area contributed by atoms with Crippen molar-refractivity contribution in [2.75, 3.05) is 13.7 Å². The Labute approximate surface area is 172 Å². The standard InChI is InChI=1S/C22H20N2O2S2/c1-25-16-6-4-15(5-7-16)19-13-17(26-23-19)14-24-10-8-20-18(9-12-28-20)22(24)21-3-2-11-27-21/h2-7,9,11-13,22H,8,10,14H2,1H3/t22-/m1/s1. The molecule has 0 N–H and O–H groups in total. The molecule has 4 heterocycles. The van der Waals surface area contributed by atoms with Gasteiger partial charge < -0.3 is 9.26 Å². The third-order valence-corrected chi connectivity index (χ3v) is 7.10. The molecule has 3 aromatic heterocycles. The summed E-state index contributed by atoms with van der Waals surface area (Å²) in [6.45, 7) is 1.77. The minimum Gasteiger partial charge on any atom is -0.497 e. The first-order valence-electron chi connectivity index (χ1n) is 9.25. The molecule has 4 nitrogen and oxygen atoms in total. The topological polar surface area (TPSA) is 38.5 Å². The number of thiophene rings is 2. The third kappa shape index (κ3) is 3.28. The van der Waals surface area contributed by atoms with Crippen LogP contribution in [0.15, 0.2) is 63.8 Å². The van der Waals surface area contributed by atoms with Crippen LogP contribution in [0.25, 0.3) is 11.3 Å². The van der Waals surface area contributed by atoms with Gasteiger partial charge in [0.25, 0.3) is 0 Å². The van der Waals surface area contributed by atoms with E-state index in [1.54, 1.807) is 7.11 Å². The Morgan fingerprint density at radius 1 is 1.14 bits per heavy atom. The van der Waals surface area contributed by atoms with E-state index in [-0.39, 0.29) is 0 Å². The molecule has 0 saturated heterocycles. The van der Waals surface area contributed by atoms with Crippen molar-refractivity contribution in [1.29, 1.82) is 0 Å². The number of aromatic nitrogens is 1. The predicted octanol–water partition coefficient (Wildman–Crippen LogP) is 5.62. The van der Waals surface area contributed by atoms with Crippen LogP contribution in [0.2, 0.25) is 0 Å². The van der Waals surface area contributed by atoms with E-state index in [1.807, 2.05) is 46.9 Å². The molecule has 142 valence electrons. The van der Waals surface area contributed by atoms with E-state index >= 15 is 0 Å². The summed E-state index contributed by atoms with van der Waals surface area (Å²) in [5.74, 6) is 1.73. The maximum atomic E-state index is 5.70. The highest BCUT2D eigenvalue weighted by Crippen LogP contribution is 2.40. The van der Waals surface area contributed by atoms with Crippen LogP contribution in [0.4, 0.5) is 0 Å². The molecule has 4 aromatic rings. The highest BCUT2D eigenvalue weighted by molar-refractivity contribution is 7.10. The van der Waals surface area contributed by atoms with Crippen molar-refractivity contribution in [3.05, 3.63) is 80.4 Å². The van der Waals surface area contributed by atoms with Crippen LogP contribution in [0.1, 0.15) is 27.1 Å². The van der Waals surface area contributed by atoms with Gasteiger partial charge in [0.2, 0.25) is 0 Å². The Bertz CT molecular complexity index is 1050. The van der Waals surface area contributed by atoms with Crippen molar-refractivity contribution in [3.63, 3.8) is 0 Å². The molecule has 0 saturated carbocycles. The maximum absolute atomic E-state index is 5.70. The summed E-state index contributed by atoms with van der Waals surface area (Å²) in [5.41, 5.74) is 3.33. The van der Waals surface area contributed by atoms with Gasteiger partial charge in [-0.15, -0.1) is 22.7 Å².